The summed E-state index contributed by atoms with van der Waals surface area (Å²) in [7, 11) is 0. The average Bonchev–Trinajstić information content (AvgIpc) is 3.31. The molecule has 1 aliphatic heterocycles. The minimum Gasteiger partial charge on any atom is -0.424 e. The summed E-state index contributed by atoms with van der Waals surface area (Å²) >= 11 is 5.96. The molecule has 0 N–H and O–H groups in total. The molecule has 1 saturated carbocycles. The Bertz CT molecular complexity index is 1070. The average molecular weight is 480 g/mol. The molecule has 4 atom stereocenters. The fourth-order valence-corrected chi connectivity index (χ4v) is 4.17. The second-order valence-electron chi connectivity index (χ2n) is 7.66. The van der Waals surface area contributed by atoms with Gasteiger partial charge in [0.25, 0.3) is 10.2 Å². The molecule has 2 aromatic rings. The second-order valence-corrected chi connectivity index (χ2v) is 8.10. The molecule has 1 aliphatic carbocycles. The molecule has 0 saturated heterocycles. The van der Waals surface area contributed by atoms with Gasteiger partial charge in [-0.25, -0.2) is 0 Å². The van der Waals surface area contributed by atoms with Gasteiger partial charge >= 0.3 is 5.97 Å². The van der Waals surface area contributed by atoms with Crippen LogP contribution in [0.1, 0.15) is 28.5 Å². The van der Waals surface area contributed by atoms with Crippen molar-refractivity contribution in [3.05, 3.63) is 78.1 Å². The number of hydrogen-bond donors (Lipinski definition) is 0. The maximum absolute atomic E-state index is 12.9. The van der Waals surface area contributed by atoms with E-state index in [1.54, 1.807) is 25.3 Å². The predicted molar refractivity (Wildman–Crippen MR) is 109 cm³/mol. The van der Waals surface area contributed by atoms with Crippen LogP contribution in [0, 0.1) is 44.9 Å². The molecule has 0 bridgehead atoms. The third-order valence-electron chi connectivity index (χ3n) is 5.75. The van der Waals surface area contributed by atoms with E-state index >= 15 is 0 Å². The standard InChI is InChI=1S/C20H18ClN3O9/c1-10-18(16-7-30-19(13(16)6-22-10)11-2-4-12(21)5-3-11)33-20(25)17-14(8-31-23(26)27)15(17)9-32-24(28)29/h2-6,14-15,17,19H,7-9H2,1H3/t14-,15+,17?,19-/m0/s1. The lowest BCUT2D eigenvalue weighted by Gasteiger charge is -2.13. The van der Waals surface area contributed by atoms with E-state index < -0.39 is 53.2 Å². The zero-order chi connectivity index (χ0) is 23.7. The number of esters is 1. The molecule has 4 rings (SSSR count). The van der Waals surface area contributed by atoms with Crippen LogP contribution < -0.4 is 4.74 Å². The van der Waals surface area contributed by atoms with Crippen LogP contribution in [0.2, 0.25) is 5.02 Å². The van der Waals surface area contributed by atoms with Crippen molar-refractivity contribution >= 4 is 17.6 Å². The molecular formula is C20H18ClN3O9. The van der Waals surface area contributed by atoms with E-state index in [0.717, 1.165) is 11.1 Å². The van der Waals surface area contributed by atoms with Crippen molar-refractivity contribution < 1.29 is 34.1 Å². The van der Waals surface area contributed by atoms with Crippen LogP contribution in [0.4, 0.5) is 0 Å². The first-order valence-corrected chi connectivity index (χ1v) is 10.3. The van der Waals surface area contributed by atoms with Gasteiger partial charge in [0.1, 0.15) is 19.3 Å². The van der Waals surface area contributed by atoms with Crippen molar-refractivity contribution in [2.45, 2.75) is 19.6 Å². The van der Waals surface area contributed by atoms with Crippen LogP contribution in [0.3, 0.4) is 0 Å². The van der Waals surface area contributed by atoms with Gasteiger partial charge in [0.15, 0.2) is 5.75 Å². The summed E-state index contributed by atoms with van der Waals surface area (Å²) < 4.78 is 11.5. The van der Waals surface area contributed by atoms with Crippen LogP contribution in [-0.4, -0.2) is 34.3 Å². The third-order valence-corrected chi connectivity index (χ3v) is 6.00. The van der Waals surface area contributed by atoms with Gasteiger partial charge in [-0.15, -0.1) is 20.2 Å². The zero-order valence-electron chi connectivity index (χ0n) is 17.2. The molecule has 174 valence electrons. The van der Waals surface area contributed by atoms with E-state index in [0.29, 0.717) is 16.3 Å². The number of halogens is 1. The molecule has 0 spiro atoms. The second kappa shape index (κ2) is 9.16. The van der Waals surface area contributed by atoms with Gasteiger partial charge < -0.3 is 19.1 Å². The normalized spacial score (nSPS) is 22.8. The van der Waals surface area contributed by atoms with Crippen molar-refractivity contribution in [3.63, 3.8) is 0 Å². The molecule has 1 fully saturated rings. The summed E-state index contributed by atoms with van der Waals surface area (Å²) in [5, 5.41) is 19.6. The van der Waals surface area contributed by atoms with E-state index in [2.05, 4.69) is 14.7 Å². The molecule has 2 aliphatic rings. The number of pyridine rings is 1. The first-order valence-electron chi connectivity index (χ1n) is 9.88. The quantitative estimate of drug-likeness (QED) is 0.298. The Balaban J connectivity index is 1.52. The first kappa shape index (κ1) is 22.7. The summed E-state index contributed by atoms with van der Waals surface area (Å²) in [5.41, 5.74) is 2.71. The fourth-order valence-electron chi connectivity index (χ4n) is 4.04. The van der Waals surface area contributed by atoms with E-state index in [9.17, 15) is 25.0 Å². The first-order chi connectivity index (χ1) is 15.8. The van der Waals surface area contributed by atoms with Crippen molar-refractivity contribution in [1.82, 2.24) is 4.98 Å². The van der Waals surface area contributed by atoms with Crippen molar-refractivity contribution in [1.29, 1.82) is 0 Å². The SMILES string of the molecule is Cc1ncc2c(c1OC(=O)C1[C@@H](CO[N+](=O)[O-])[C@H]1CO[N+](=O)[O-])CO[C@H]2c1ccc(Cl)cc1. The maximum atomic E-state index is 12.9. The molecule has 0 radical (unpaired) electrons. The summed E-state index contributed by atoms with van der Waals surface area (Å²) in [6, 6.07) is 7.15. The summed E-state index contributed by atoms with van der Waals surface area (Å²) in [6.07, 6.45) is 1.25. The van der Waals surface area contributed by atoms with Gasteiger partial charge in [-0.2, -0.15) is 0 Å². The Kier molecular flexibility index (Phi) is 6.29. The van der Waals surface area contributed by atoms with Crippen LogP contribution in [0.5, 0.6) is 5.75 Å². The lowest BCUT2D eigenvalue weighted by molar-refractivity contribution is -0.761. The van der Waals surface area contributed by atoms with Gasteiger partial charge in [0.2, 0.25) is 0 Å². The summed E-state index contributed by atoms with van der Waals surface area (Å²) in [5.74, 6) is -2.60. The van der Waals surface area contributed by atoms with Crippen molar-refractivity contribution in [3.8, 4) is 5.75 Å². The number of fused-ring (bicyclic) bond motifs is 1. The predicted octanol–water partition coefficient (Wildman–Crippen LogP) is 2.85. The highest BCUT2D eigenvalue weighted by Crippen LogP contribution is 2.48. The van der Waals surface area contributed by atoms with Crippen LogP contribution >= 0.6 is 11.6 Å². The number of aromatic nitrogens is 1. The number of carbonyl (C=O) groups is 1. The highest BCUT2D eigenvalue weighted by molar-refractivity contribution is 6.30. The van der Waals surface area contributed by atoms with Gasteiger partial charge in [-0.3, -0.25) is 9.78 Å². The van der Waals surface area contributed by atoms with Gasteiger partial charge in [-0.05, 0) is 24.6 Å². The van der Waals surface area contributed by atoms with E-state index in [4.69, 9.17) is 21.1 Å². The minimum absolute atomic E-state index is 0.182. The van der Waals surface area contributed by atoms with Crippen LogP contribution in [-0.2, 0) is 25.8 Å². The maximum Gasteiger partial charge on any atom is 0.315 e. The highest BCUT2D eigenvalue weighted by atomic mass is 35.5. The summed E-state index contributed by atoms with van der Waals surface area (Å²) in [4.78, 5) is 46.9. The number of nitrogens with zero attached hydrogens (tertiary/aromatic N) is 3. The topological polar surface area (TPSA) is 153 Å². The number of ether oxygens (including phenoxy) is 2. The van der Waals surface area contributed by atoms with E-state index in [-0.39, 0.29) is 12.4 Å². The largest absolute Gasteiger partial charge is 0.424 e. The number of rotatable bonds is 9. The number of benzene rings is 1. The summed E-state index contributed by atoms with van der Waals surface area (Å²) in [6.45, 7) is 1.06. The number of hydrogen-bond acceptors (Lipinski definition) is 10. The lowest BCUT2D eigenvalue weighted by atomic mass is 10.0. The molecule has 1 aromatic carbocycles. The molecule has 1 aromatic heterocycles. The molecule has 0 amide bonds. The fraction of sp³-hybridized carbons (Fsp3) is 0.400. The van der Waals surface area contributed by atoms with Gasteiger partial charge in [0.05, 0.1) is 18.2 Å². The van der Waals surface area contributed by atoms with Crippen molar-refractivity contribution in [2.75, 3.05) is 13.2 Å². The Hall–Kier alpha value is -3.51. The third kappa shape index (κ3) is 4.81. The monoisotopic (exact) mass is 479 g/mol. The van der Waals surface area contributed by atoms with Gasteiger partial charge in [0, 0.05) is 34.2 Å². The zero-order valence-corrected chi connectivity index (χ0v) is 18.0. The van der Waals surface area contributed by atoms with Crippen molar-refractivity contribution in [2.24, 2.45) is 17.8 Å². The lowest BCUT2D eigenvalue weighted by Crippen LogP contribution is -2.17. The molecule has 2 heterocycles. The molecule has 12 nitrogen and oxygen atoms in total. The molecule has 1 unspecified atom stereocenters. The van der Waals surface area contributed by atoms with Crippen LogP contribution in [0.15, 0.2) is 30.5 Å². The Morgan fingerprint density at radius 3 is 2.33 bits per heavy atom. The Morgan fingerprint density at radius 2 is 1.76 bits per heavy atom. The van der Waals surface area contributed by atoms with Gasteiger partial charge in [-0.1, -0.05) is 23.7 Å². The Morgan fingerprint density at radius 1 is 1.15 bits per heavy atom. The highest BCUT2D eigenvalue weighted by Gasteiger charge is 2.57. The molecule has 13 heteroatoms. The molecular weight excluding hydrogens is 462 g/mol. The number of carbonyl (C=O) groups excluding carboxylic acids is 1. The van der Waals surface area contributed by atoms with E-state index in [1.165, 1.54) is 0 Å². The number of aryl methyl sites for hydroxylation is 1. The van der Waals surface area contributed by atoms with E-state index in [1.807, 2.05) is 12.1 Å². The van der Waals surface area contributed by atoms with Crippen LogP contribution in [0.25, 0.3) is 0 Å². The minimum atomic E-state index is -0.988. The smallest absolute Gasteiger partial charge is 0.315 e. The molecule has 33 heavy (non-hydrogen) atoms. The Labute approximate surface area is 191 Å².